The number of carbonyl (C=O) groups excluding carboxylic acids is 1. The molecular weight excluding hydrogens is 470 g/mol. The number of anilines is 1. The Kier molecular flexibility index (Phi) is 5.25. The van der Waals surface area contributed by atoms with E-state index in [2.05, 4.69) is 59.9 Å². The molecule has 0 fully saturated rings. The smallest absolute Gasteiger partial charge is 0.258 e. The number of hydrogen-bond donors (Lipinski definition) is 2. The molecule has 0 radical (unpaired) electrons. The van der Waals surface area contributed by atoms with E-state index >= 15 is 0 Å². The highest BCUT2D eigenvalue weighted by molar-refractivity contribution is 6.12. The van der Waals surface area contributed by atoms with Crippen molar-refractivity contribution >= 4 is 22.5 Å². The minimum atomic E-state index is -1.17. The summed E-state index contributed by atoms with van der Waals surface area (Å²) in [5.74, 6) is -0.00660. The summed E-state index contributed by atoms with van der Waals surface area (Å²) in [7, 11) is 0. The molecule has 1 atom stereocenters. The molecule has 2 N–H and O–H groups in total. The van der Waals surface area contributed by atoms with Crippen LogP contribution < -0.4 is 10.4 Å². The Balaban J connectivity index is 1.58. The van der Waals surface area contributed by atoms with Crippen LogP contribution in [0, 0.1) is 0 Å². The van der Waals surface area contributed by atoms with Crippen molar-refractivity contribution in [2.45, 2.75) is 30.9 Å². The predicted octanol–water partition coefficient (Wildman–Crippen LogP) is 6.38. The van der Waals surface area contributed by atoms with Crippen molar-refractivity contribution in [3.63, 3.8) is 0 Å². The van der Waals surface area contributed by atoms with Crippen LogP contribution in [0.3, 0.4) is 0 Å². The summed E-state index contributed by atoms with van der Waals surface area (Å²) in [5, 5.41) is 1.01. The average molecular weight is 500 g/mol. The molecule has 0 aliphatic carbocycles. The van der Waals surface area contributed by atoms with Gasteiger partial charge in [0, 0.05) is 34.3 Å². The number of aromatic nitrogens is 1. The summed E-state index contributed by atoms with van der Waals surface area (Å²) in [6.07, 6.45) is 1.93. The molecule has 0 saturated carbocycles. The average Bonchev–Trinajstić information content (AvgIpc) is 3.48. The molecule has 4 aromatic carbocycles. The summed E-state index contributed by atoms with van der Waals surface area (Å²) < 4.78 is 0. The highest BCUT2D eigenvalue weighted by Crippen LogP contribution is 2.55. The number of rotatable bonds is 5. The molecule has 5 heteroatoms. The van der Waals surface area contributed by atoms with Crippen LogP contribution in [-0.2, 0) is 20.8 Å². The third-order valence-corrected chi connectivity index (χ3v) is 8.05. The Morgan fingerprint density at radius 2 is 1.42 bits per heavy atom. The first-order valence-electron chi connectivity index (χ1n) is 13.3. The molecule has 0 unspecified atom stereocenters. The number of benzene rings is 4. The normalized spacial score (nSPS) is 19.6. The largest absolute Gasteiger partial charge is 0.355 e. The minimum Gasteiger partial charge on any atom is -0.355 e. The van der Waals surface area contributed by atoms with E-state index in [-0.39, 0.29) is 5.91 Å². The van der Waals surface area contributed by atoms with Crippen LogP contribution in [0.1, 0.15) is 47.7 Å². The van der Waals surface area contributed by atoms with Gasteiger partial charge in [0.2, 0.25) is 0 Å². The standard InChI is InChI=1S/C33H29N3O2/c1-2-3-22-36-28-21-13-11-19-26(28)32(31(36)37)29-25-18-10-12-20-27(25)34-30(29)33(38-35-32,23-14-6-4-7-15-23)24-16-8-5-9-17-24/h4-21,34-35H,2-3,22H2,1H3/t32-/m0/s1. The van der Waals surface area contributed by atoms with Crippen molar-refractivity contribution < 1.29 is 9.63 Å². The Labute approximate surface area is 222 Å². The summed E-state index contributed by atoms with van der Waals surface area (Å²) in [4.78, 5) is 27.1. The highest BCUT2D eigenvalue weighted by Gasteiger charge is 2.61. The Morgan fingerprint density at radius 3 is 2.13 bits per heavy atom. The Bertz CT molecular complexity index is 1600. The van der Waals surface area contributed by atoms with E-state index in [0.717, 1.165) is 57.4 Å². The molecule has 5 aromatic rings. The van der Waals surface area contributed by atoms with E-state index in [0.29, 0.717) is 6.54 Å². The van der Waals surface area contributed by atoms with Gasteiger partial charge in [0.1, 0.15) is 0 Å². The number of nitrogens with zero attached hydrogens (tertiary/aromatic N) is 1. The quantitative estimate of drug-likeness (QED) is 0.295. The van der Waals surface area contributed by atoms with Crippen LogP contribution in [0.4, 0.5) is 5.69 Å². The zero-order valence-electron chi connectivity index (χ0n) is 21.3. The first-order chi connectivity index (χ1) is 18.7. The lowest BCUT2D eigenvalue weighted by Crippen LogP contribution is -2.59. The molecule has 5 nitrogen and oxygen atoms in total. The predicted molar refractivity (Wildman–Crippen MR) is 150 cm³/mol. The monoisotopic (exact) mass is 499 g/mol. The lowest BCUT2D eigenvalue weighted by Gasteiger charge is -2.45. The molecule has 2 aliphatic heterocycles. The topological polar surface area (TPSA) is 57.4 Å². The highest BCUT2D eigenvalue weighted by atomic mass is 16.7. The van der Waals surface area contributed by atoms with Crippen molar-refractivity contribution in [1.82, 2.24) is 10.5 Å². The minimum absolute atomic E-state index is 0.00660. The van der Waals surface area contributed by atoms with Gasteiger partial charge >= 0.3 is 0 Å². The number of para-hydroxylation sites is 2. The molecule has 7 rings (SSSR count). The maximum atomic E-state index is 14.6. The van der Waals surface area contributed by atoms with Gasteiger partial charge in [-0.1, -0.05) is 110 Å². The molecule has 3 heterocycles. The number of nitrogens with one attached hydrogen (secondary N) is 2. The van der Waals surface area contributed by atoms with Gasteiger partial charge in [-0.05, 0) is 29.7 Å². The zero-order valence-corrected chi connectivity index (χ0v) is 21.3. The number of fused-ring (bicyclic) bond motifs is 6. The summed E-state index contributed by atoms with van der Waals surface area (Å²) in [6.45, 7) is 2.81. The van der Waals surface area contributed by atoms with Crippen LogP contribution in [0.25, 0.3) is 10.9 Å². The number of hydrogen-bond acceptors (Lipinski definition) is 3. The van der Waals surface area contributed by atoms with Gasteiger partial charge in [-0.25, -0.2) is 0 Å². The summed E-state index contributed by atoms with van der Waals surface area (Å²) in [6, 6.07) is 36.8. The van der Waals surface area contributed by atoms with E-state index in [1.165, 1.54) is 0 Å². The second-order valence-electron chi connectivity index (χ2n) is 10.1. The molecule has 2 aliphatic rings. The number of unbranched alkanes of at least 4 members (excludes halogenated alkanes) is 1. The van der Waals surface area contributed by atoms with E-state index in [1.54, 1.807) is 0 Å². The Morgan fingerprint density at radius 1 is 0.789 bits per heavy atom. The van der Waals surface area contributed by atoms with Gasteiger partial charge in [-0.15, -0.1) is 0 Å². The SMILES string of the molecule is CCCCN1C(=O)[C@]2(NOC(c3ccccc3)(c3ccccc3)c3[nH]c4ccccc4c32)c2ccccc21. The van der Waals surface area contributed by atoms with Crippen molar-refractivity contribution in [1.29, 1.82) is 0 Å². The fraction of sp³-hybridized carbons (Fsp3) is 0.182. The molecule has 1 amide bonds. The number of carbonyl (C=O) groups is 1. The van der Waals surface area contributed by atoms with Crippen LogP contribution in [-0.4, -0.2) is 17.4 Å². The fourth-order valence-electron chi connectivity index (χ4n) is 6.30. The molecule has 1 aromatic heterocycles. The van der Waals surface area contributed by atoms with Gasteiger partial charge < -0.3 is 9.88 Å². The molecule has 0 saturated heterocycles. The van der Waals surface area contributed by atoms with Crippen molar-refractivity contribution in [2.75, 3.05) is 11.4 Å². The Hall–Kier alpha value is -4.19. The van der Waals surface area contributed by atoms with Crippen LogP contribution in [0.5, 0.6) is 0 Å². The van der Waals surface area contributed by atoms with E-state index in [4.69, 9.17) is 4.84 Å². The van der Waals surface area contributed by atoms with E-state index in [9.17, 15) is 4.79 Å². The first-order valence-corrected chi connectivity index (χ1v) is 13.3. The third kappa shape index (κ3) is 2.97. The van der Waals surface area contributed by atoms with E-state index in [1.807, 2.05) is 71.6 Å². The van der Waals surface area contributed by atoms with Gasteiger partial charge in [-0.3, -0.25) is 9.63 Å². The molecule has 1 spiro atoms. The number of H-pyrrole nitrogens is 1. The van der Waals surface area contributed by atoms with Crippen molar-refractivity contribution in [3.8, 4) is 0 Å². The fourth-order valence-corrected chi connectivity index (χ4v) is 6.30. The van der Waals surface area contributed by atoms with Crippen LogP contribution >= 0.6 is 0 Å². The first kappa shape index (κ1) is 23.0. The maximum absolute atomic E-state index is 14.6. The molecule has 38 heavy (non-hydrogen) atoms. The molecular formula is C33H29N3O2. The molecule has 188 valence electrons. The molecule has 0 bridgehead atoms. The second-order valence-corrected chi connectivity index (χ2v) is 10.1. The zero-order chi connectivity index (χ0) is 25.7. The van der Waals surface area contributed by atoms with Crippen molar-refractivity contribution in [3.05, 3.63) is 137 Å². The number of amides is 1. The van der Waals surface area contributed by atoms with Gasteiger partial charge in [0.25, 0.3) is 5.91 Å². The van der Waals surface area contributed by atoms with Gasteiger partial charge in [0.05, 0.1) is 5.69 Å². The van der Waals surface area contributed by atoms with Crippen LogP contribution in [0.15, 0.2) is 109 Å². The summed E-state index contributed by atoms with van der Waals surface area (Å²) in [5.41, 5.74) is 7.82. The maximum Gasteiger partial charge on any atom is 0.258 e. The number of aromatic amines is 1. The summed E-state index contributed by atoms with van der Waals surface area (Å²) >= 11 is 0. The van der Waals surface area contributed by atoms with Crippen molar-refractivity contribution in [2.24, 2.45) is 0 Å². The van der Waals surface area contributed by atoms with Crippen LogP contribution in [0.2, 0.25) is 0 Å². The third-order valence-electron chi connectivity index (χ3n) is 8.05. The van der Waals surface area contributed by atoms with Gasteiger partial charge in [0.15, 0.2) is 11.1 Å². The van der Waals surface area contributed by atoms with E-state index < -0.39 is 11.1 Å². The number of hydroxylamine groups is 1. The lowest BCUT2D eigenvalue weighted by atomic mass is 9.74. The lowest BCUT2D eigenvalue weighted by molar-refractivity contribution is -0.144. The van der Waals surface area contributed by atoms with Gasteiger partial charge in [-0.2, -0.15) is 5.48 Å². The second kappa shape index (κ2) is 8.69.